The first-order chi connectivity index (χ1) is 13.5. The maximum absolute atomic E-state index is 12.2. The molecule has 148 valence electrons. The fraction of sp³-hybridized carbons (Fsp3) is 0.300. The largest absolute Gasteiger partial charge is 0.494 e. The molecule has 28 heavy (non-hydrogen) atoms. The van der Waals surface area contributed by atoms with E-state index in [0.717, 1.165) is 17.9 Å². The van der Waals surface area contributed by atoms with Gasteiger partial charge in [-0.2, -0.15) is 8.78 Å². The highest BCUT2D eigenvalue weighted by atomic mass is 32.2. The van der Waals surface area contributed by atoms with Crippen LogP contribution in [-0.4, -0.2) is 29.2 Å². The summed E-state index contributed by atoms with van der Waals surface area (Å²) < 4.78 is 40.0. The number of aryl methyl sites for hydroxylation is 2. The van der Waals surface area contributed by atoms with Crippen LogP contribution in [0.15, 0.2) is 52.1 Å². The number of rotatable bonds is 9. The van der Waals surface area contributed by atoms with E-state index >= 15 is 0 Å². The highest BCUT2D eigenvalue weighted by Gasteiger charge is 2.10. The van der Waals surface area contributed by atoms with Crippen molar-refractivity contribution < 1.29 is 22.7 Å². The van der Waals surface area contributed by atoms with E-state index in [2.05, 4.69) is 21.0 Å². The van der Waals surface area contributed by atoms with Gasteiger partial charge >= 0.3 is 6.61 Å². The molecule has 8 heteroatoms. The highest BCUT2D eigenvalue weighted by molar-refractivity contribution is 7.99. The van der Waals surface area contributed by atoms with E-state index in [4.69, 9.17) is 9.15 Å². The number of aromatic nitrogens is 2. The molecular weight excluding hydrogens is 386 g/mol. The fourth-order valence-corrected chi connectivity index (χ4v) is 3.26. The van der Waals surface area contributed by atoms with Gasteiger partial charge in [0.2, 0.25) is 5.89 Å². The summed E-state index contributed by atoms with van der Waals surface area (Å²) in [5, 5.41) is 8.43. The molecule has 5 nitrogen and oxygen atoms in total. The predicted molar refractivity (Wildman–Crippen MR) is 103 cm³/mol. The van der Waals surface area contributed by atoms with Crippen LogP contribution in [0.25, 0.3) is 11.5 Å². The van der Waals surface area contributed by atoms with Crippen molar-refractivity contribution in [1.82, 2.24) is 10.2 Å². The lowest BCUT2D eigenvalue weighted by Crippen LogP contribution is -2.01. The topological polar surface area (TPSA) is 57.4 Å². The van der Waals surface area contributed by atoms with Crippen LogP contribution in [0, 0.1) is 13.8 Å². The normalized spacial score (nSPS) is 11.0. The van der Waals surface area contributed by atoms with Crippen LogP contribution >= 0.6 is 11.8 Å². The van der Waals surface area contributed by atoms with Gasteiger partial charge in [-0.25, -0.2) is 0 Å². The number of benzene rings is 2. The van der Waals surface area contributed by atoms with Crippen LogP contribution < -0.4 is 9.47 Å². The van der Waals surface area contributed by atoms with Crippen molar-refractivity contribution in [3.8, 4) is 23.0 Å². The molecule has 1 heterocycles. The van der Waals surface area contributed by atoms with Gasteiger partial charge in [0.05, 0.1) is 6.61 Å². The Morgan fingerprint density at radius 3 is 2.39 bits per heavy atom. The van der Waals surface area contributed by atoms with E-state index < -0.39 is 6.61 Å². The third-order valence-electron chi connectivity index (χ3n) is 3.71. The van der Waals surface area contributed by atoms with Gasteiger partial charge in [0, 0.05) is 11.3 Å². The zero-order valence-corrected chi connectivity index (χ0v) is 16.3. The average molecular weight is 406 g/mol. The molecule has 0 N–H and O–H groups in total. The number of thioether (sulfide) groups is 1. The van der Waals surface area contributed by atoms with Crippen LogP contribution in [0.3, 0.4) is 0 Å². The smallest absolute Gasteiger partial charge is 0.387 e. The summed E-state index contributed by atoms with van der Waals surface area (Å²) in [5.41, 5.74) is 2.99. The predicted octanol–water partition coefficient (Wildman–Crippen LogP) is 5.52. The van der Waals surface area contributed by atoms with E-state index in [-0.39, 0.29) is 5.75 Å². The summed E-state index contributed by atoms with van der Waals surface area (Å²) in [6, 6.07) is 12.2. The number of hydrogen-bond acceptors (Lipinski definition) is 6. The van der Waals surface area contributed by atoms with Gasteiger partial charge in [-0.1, -0.05) is 17.8 Å². The van der Waals surface area contributed by atoms with Crippen molar-refractivity contribution in [3.05, 3.63) is 53.6 Å². The molecule has 0 amide bonds. The molecule has 2 aromatic carbocycles. The monoisotopic (exact) mass is 406 g/mol. The molecule has 1 aromatic heterocycles. The molecule has 0 saturated carbocycles. The van der Waals surface area contributed by atoms with E-state index in [1.54, 1.807) is 12.1 Å². The molecule has 0 spiro atoms. The second-order valence-electron chi connectivity index (χ2n) is 6.15. The van der Waals surface area contributed by atoms with Crippen LogP contribution in [0.5, 0.6) is 11.5 Å². The number of hydrogen-bond donors (Lipinski definition) is 0. The lowest BCUT2D eigenvalue weighted by Gasteiger charge is -2.07. The maximum Gasteiger partial charge on any atom is 0.387 e. The summed E-state index contributed by atoms with van der Waals surface area (Å²) >= 11 is 1.44. The molecular formula is C20H20F2N2O3S. The Bertz CT molecular complexity index is 880. The zero-order valence-electron chi connectivity index (χ0n) is 15.5. The summed E-state index contributed by atoms with van der Waals surface area (Å²) in [6.07, 6.45) is 0.828. The Kier molecular flexibility index (Phi) is 6.86. The minimum atomic E-state index is -2.85. The van der Waals surface area contributed by atoms with Gasteiger partial charge in [-0.15, -0.1) is 10.2 Å². The van der Waals surface area contributed by atoms with Crippen molar-refractivity contribution in [2.24, 2.45) is 0 Å². The highest BCUT2D eigenvalue weighted by Crippen LogP contribution is 2.26. The minimum Gasteiger partial charge on any atom is -0.494 e. The molecule has 0 radical (unpaired) electrons. The third-order valence-corrected chi connectivity index (χ3v) is 4.62. The molecule has 0 fully saturated rings. The van der Waals surface area contributed by atoms with Crippen LogP contribution in [0.1, 0.15) is 17.5 Å². The van der Waals surface area contributed by atoms with Crippen molar-refractivity contribution in [1.29, 1.82) is 0 Å². The van der Waals surface area contributed by atoms with Gasteiger partial charge in [0.25, 0.3) is 5.22 Å². The fourth-order valence-electron chi connectivity index (χ4n) is 2.59. The molecule has 0 aliphatic heterocycles. The standard InChI is InChI=1S/C20H20F2N2O3S/c1-13-10-14(2)12-17(11-13)25-8-3-9-28-20-24-23-18(27-20)15-4-6-16(7-5-15)26-19(21)22/h4-7,10-12,19H,3,8-9H2,1-2H3. The third kappa shape index (κ3) is 5.95. The first-order valence-corrected chi connectivity index (χ1v) is 9.71. The SMILES string of the molecule is Cc1cc(C)cc(OCCCSc2nnc(-c3ccc(OC(F)F)cc3)o2)c1. The van der Waals surface area contributed by atoms with Gasteiger partial charge in [0.1, 0.15) is 11.5 Å². The first-order valence-electron chi connectivity index (χ1n) is 8.72. The second-order valence-corrected chi connectivity index (χ2v) is 7.20. The van der Waals surface area contributed by atoms with Crippen LogP contribution in [0.2, 0.25) is 0 Å². The summed E-state index contributed by atoms with van der Waals surface area (Å²) in [7, 11) is 0. The van der Waals surface area contributed by atoms with E-state index in [9.17, 15) is 8.78 Å². The van der Waals surface area contributed by atoms with Gasteiger partial charge in [-0.05, 0) is 67.8 Å². The Morgan fingerprint density at radius 2 is 1.71 bits per heavy atom. The van der Waals surface area contributed by atoms with Crippen molar-refractivity contribution in [3.63, 3.8) is 0 Å². The number of ether oxygens (including phenoxy) is 2. The molecule has 0 unspecified atom stereocenters. The van der Waals surface area contributed by atoms with E-state index in [1.807, 2.05) is 26.0 Å². The molecule has 0 aliphatic rings. The van der Waals surface area contributed by atoms with Crippen LogP contribution in [-0.2, 0) is 0 Å². The molecule has 0 atom stereocenters. The number of nitrogens with zero attached hydrogens (tertiary/aromatic N) is 2. The molecule has 0 saturated heterocycles. The second kappa shape index (κ2) is 9.54. The summed E-state index contributed by atoms with van der Waals surface area (Å²) in [5.74, 6) is 2.06. The number of alkyl halides is 2. The number of halogens is 2. The van der Waals surface area contributed by atoms with Gasteiger partial charge in [0.15, 0.2) is 0 Å². The Balaban J connectivity index is 1.44. The Morgan fingerprint density at radius 1 is 1.00 bits per heavy atom. The lowest BCUT2D eigenvalue weighted by molar-refractivity contribution is -0.0498. The molecule has 3 rings (SSSR count). The molecule has 3 aromatic rings. The summed E-state index contributed by atoms with van der Waals surface area (Å²) in [4.78, 5) is 0. The van der Waals surface area contributed by atoms with Gasteiger partial charge in [-0.3, -0.25) is 0 Å². The molecule has 0 bridgehead atoms. The first kappa shape index (κ1) is 20.1. The van der Waals surface area contributed by atoms with Gasteiger partial charge < -0.3 is 13.9 Å². The van der Waals surface area contributed by atoms with E-state index in [1.165, 1.54) is 35.0 Å². The minimum absolute atomic E-state index is 0.0802. The summed E-state index contributed by atoms with van der Waals surface area (Å²) in [6.45, 7) is 1.84. The lowest BCUT2D eigenvalue weighted by atomic mass is 10.1. The average Bonchev–Trinajstić information content (AvgIpc) is 3.10. The van der Waals surface area contributed by atoms with E-state index in [0.29, 0.717) is 23.3 Å². The van der Waals surface area contributed by atoms with Crippen LogP contribution in [0.4, 0.5) is 8.78 Å². The van der Waals surface area contributed by atoms with Crippen molar-refractivity contribution >= 4 is 11.8 Å². The Labute approximate surface area is 166 Å². The maximum atomic E-state index is 12.2. The van der Waals surface area contributed by atoms with Crippen molar-refractivity contribution in [2.45, 2.75) is 32.1 Å². The zero-order chi connectivity index (χ0) is 19.9. The molecule has 0 aliphatic carbocycles. The quantitative estimate of drug-likeness (QED) is 0.345. The van der Waals surface area contributed by atoms with Crippen molar-refractivity contribution in [2.75, 3.05) is 12.4 Å². The Hall–Kier alpha value is -2.61.